The monoisotopic (exact) mass is 455 g/mol. The fourth-order valence-electron chi connectivity index (χ4n) is 2.66. The number of ether oxygens (including phenoxy) is 1. The molecule has 0 atom stereocenters. The van der Waals surface area contributed by atoms with Gasteiger partial charge >= 0.3 is 6.18 Å². The van der Waals surface area contributed by atoms with Crippen LogP contribution in [0.5, 0.6) is 5.75 Å². The fraction of sp³-hybridized carbons (Fsp3) is 0.286. The molecule has 30 heavy (non-hydrogen) atoms. The van der Waals surface area contributed by atoms with E-state index in [4.69, 9.17) is 16.3 Å². The molecular weight excluding hydrogens is 435 g/mol. The first-order valence-corrected chi connectivity index (χ1v) is 10.6. The normalized spacial score (nSPS) is 11.6. The zero-order valence-electron chi connectivity index (χ0n) is 16.0. The van der Waals surface area contributed by atoms with Crippen molar-refractivity contribution >= 4 is 23.4 Å². The smallest absolute Gasteiger partial charge is 0.408 e. The highest BCUT2D eigenvalue weighted by Gasteiger charge is 2.28. The molecule has 0 spiro atoms. The number of hydrogen-bond donors (Lipinski definition) is 1. The lowest BCUT2D eigenvalue weighted by atomic mass is 10.2. The number of nitrogens with zero attached hydrogens (tertiary/aromatic N) is 2. The van der Waals surface area contributed by atoms with Crippen LogP contribution in [0.15, 0.2) is 65.7 Å². The Morgan fingerprint density at radius 1 is 1.00 bits per heavy atom. The number of alkyl halides is 3. The van der Waals surface area contributed by atoms with Gasteiger partial charge < -0.3 is 10.1 Å². The number of thioether (sulfide) groups is 1. The summed E-state index contributed by atoms with van der Waals surface area (Å²) in [4.78, 5) is 1.15. The molecule has 2 aromatic carbocycles. The number of halogens is 4. The Morgan fingerprint density at radius 3 is 2.43 bits per heavy atom. The third-order valence-electron chi connectivity index (χ3n) is 4.03. The lowest BCUT2D eigenvalue weighted by molar-refractivity contribution is -0.142. The molecule has 9 heteroatoms. The zero-order valence-corrected chi connectivity index (χ0v) is 17.6. The van der Waals surface area contributed by atoms with Crippen molar-refractivity contribution in [3.63, 3.8) is 0 Å². The molecule has 3 aromatic rings. The Morgan fingerprint density at radius 2 is 1.73 bits per heavy atom. The van der Waals surface area contributed by atoms with E-state index in [9.17, 15) is 13.2 Å². The van der Waals surface area contributed by atoms with Gasteiger partial charge in [-0.25, -0.2) is 0 Å². The highest BCUT2D eigenvalue weighted by atomic mass is 35.5. The van der Waals surface area contributed by atoms with Crippen LogP contribution in [0.4, 0.5) is 13.2 Å². The van der Waals surface area contributed by atoms with Crippen LogP contribution in [0, 0.1) is 0 Å². The van der Waals surface area contributed by atoms with Gasteiger partial charge in [0, 0.05) is 35.0 Å². The first-order chi connectivity index (χ1) is 14.4. The van der Waals surface area contributed by atoms with E-state index in [1.54, 1.807) is 17.8 Å². The van der Waals surface area contributed by atoms with Crippen LogP contribution in [0.3, 0.4) is 0 Å². The standard InChI is InChI=1S/C21H21ClF3N3OS/c22-17-3-7-20(8-4-17)30-12-11-29-19-5-1-16(2-6-19)13-26-14-18-9-10-28(27-18)15-21(23,24)25/h1-10,26H,11-15H2. The van der Waals surface area contributed by atoms with Gasteiger partial charge in [0.2, 0.25) is 0 Å². The Labute approximate surface area is 182 Å². The second-order valence-corrected chi connectivity index (χ2v) is 8.12. The highest BCUT2D eigenvalue weighted by Crippen LogP contribution is 2.21. The molecule has 0 radical (unpaired) electrons. The molecule has 0 aliphatic rings. The topological polar surface area (TPSA) is 39.1 Å². The fourth-order valence-corrected chi connectivity index (χ4v) is 3.51. The molecule has 4 nitrogen and oxygen atoms in total. The van der Waals surface area contributed by atoms with Crippen molar-refractivity contribution in [2.45, 2.75) is 30.7 Å². The number of nitrogens with one attached hydrogen (secondary N) is 1. The summed E-state index contributed by atoms with van der Waals surface area (Å²) in [6.07, 6.45) is -2.93. The Hall–Kier alpha value is -2.16. The van der Waals surface area contributed by atoms with Crippen molar-refractivity contribution < 1.29 is 17.9 Å². The van der Waals surface area contributed by atoms with Crippen molar-refractivity contribution in [1.82, 2.24) is 15.1 Å². The lowest BCUT2D eigenvalue weighted by Gasteiger charge is -2.08. The Balaban J connectivity index is 1.34. The van der Waals surface area contributed by atoms with Gasteiger partial charge in [-0.05, 0) is 48.0 Å². The minimum Gasteiger partial charge on any atom is -0.493 e. The van der Waals surface area contributed by atoms with Gasteiger partial charge in [-0.15, -0.1) is 11.8 Å². The predicted octanol–water partition coefficient (Wildman–Crippen LogP) is 5.56. The average Bonchev–Trinajstić information content (AvgIpc) is 3.13. The molecule has 0 amide bonds. The molecule has 0 unspecified atom stereocenters. The average molecular weight is 456 g/mol. The van der Waals surface area contributed by atoms with E-state index >= 15 is 0 Å². The summed E-state index contributed by atoms with van der Waals surface area (Å²) in [6, 6.07) is 17.0. The van der Waals surface area contributed by atoms with Crippen LogP contribution in [0.2, 0.25) is 5.02 Å². The minimum absolute atomic E-state index is 0.394. The lowest BCUT2D eigenvalue weighted by Crippen LogP contribution is -2.19. The van der Waals surface area contributed by atoms with Crippen LogP contribution in [-0.4, -0.2) is 28.3 Å². The van der Waals surface area contributed by atoms with E-state index in [2.05, 4.69) is 10.4 Å². The number of rotatable bonds is 10. The van der Waals surface area contributed by atoms with E-state index in [1.807, 2.05) is 48.5 Å². The van der Waals surface area contributed by atoms with Gasteiger partial charge in [0.15, 0.2) is 0 Å². The Bertz CT molecular complexity index is 914. The van der Waals surface area contributed by atoms with Crippen molar-refractivity contribution in [2.24, 2.45) is 0 Å². The quantitative estimate of drug-likeness (QED) is 0.321. The Kier molecular flexibility index (Phi) is 8.07. The van der Waals surface area contributed by atoms with Crippen molar-refractivity contribution in [3.8, 4) is 5.75 Å². The second kappa shape index (κ2) is 10.7. The molecule has 160 valence electrons. The summed E-state index contributed by atoms with van der Waals surface area (Å²) >= 11 is 7.57. The maximum Gasteiger partial charge on any atom is 0.408 e. The molecular formula is C21H21ClF3N3OS. The van der Waals surface area contributed by atoms with Gasteiger partial charge in [-0.3, -0.25) is 4.68 Å². The van der Waals surface area contributed by atoms with E-state index in [-0.39, 0.29) is 0 Å². The molecule has 1 N–H and O–H groups in total. The molecule has 1 heterocycles. The van der Waals surface area contributed by atoms with Gasteiger partial charge in [-0.2, -0.15) is 18.3 Å². The molecule has 0 aliphatic heterocycles. The van der Waals surface area contributed by atoms with Gasteiger partial charge in [0.1, 0.15) is 12.3 Å². The van der Waals surface area contributed by atoms with Crippen molar-refractivity contribution in [1.29, 1.82) is 0 Å². The SMILES string of the molecule is FC(F)(F)Cn1ccc(CNCc2ccc(OCCSc3ccc(Cl)cc3)cc2)n1. The highest BCUT2D eigenvalue weighted by molar-refractivity contribution is 7.99. The maximum atomic E-state index is 12.4. The predicted molar refractivity (Wildman–Crippen MR) is 113 cm³/mol. The first kappa shape index (κ1) is 22.5. The van der Waals surface area contributed by atoms with Crippen molar-refractivity contribution in [2.75, 3.05) is 12.4 Å². The van der Waals surface area contributed by atoms with E-state index < -0.39 is 12.7 Å². The second-order valence-electron chi connectivity index (χ2n) is 6.52. The van der Waals surface area contributed by atoms with Gasteiger partial charge in [-0.1, -0.05) is 23.7 Å². The van der Waals surface area contributed by atoms with Gasteiger partial charge in [0.25, 0.3) is 0 Å². The molecule has 0 saturated carbocycles. The van der Waals surface area contributed by atoms with Crippen molar-refractivity contribution in [3.05, 3.63) is 77.1 Å². The summed E-state index contributed by atoms with van der Waals surface area (Å²) < 4.78 is 43.7. The molecule has 3 rings (SSSR count). The molecule has 0 fully saturated rings. The van der Waals surface area contributed by atoms with Crippen LogP contribution in [0.1, 0.15) is 11.3 Å². The van der Waals surface area contributed by atoms with E-state index in [1.165, 1.54) is 6.20 Å². The summed E-state index contributed by atoms with van der Waals surface area (Å²) in [5.74, 6) is 1.62. The maximum absolute atomic E-state index is 12.4. The largest absolute Gasteiger partial charge is 0.493 e. The summed E-state index contributed by atoms with van der Waals surface area (Å²) in [5.41, 5.74) is 1.62. The molecule has 0 bridgehead atoms. The van der Waals surface area contributed by atoms with Crippen LogP contribution >= 0.6 is 23.4 Å². The number of hydrogen-bond acceptors (Lipinski definition) is 4. The first-order valence-electron chi connectivity index (χ1n) is 9.27. The number of aromatic nitrogens is 2. The minimum atomic E-state index is -4.27. The van der Waals surface area contributed by atoms with Gasteiger partial charge in [0.05, 0.1) is 12.3 Å². The third kappa shape index (κ3) is 7.93. The molecule has 0 saturated heterocycles. The van der Waals surface area contributed by atoms with Crippen LogP contribution in [0.25, 0.3) is 0 Å². The summed E-state index contributed by atoms with van der Waals surface area (Å²) in [5, 5.41) is 7.82. The van der Waals surface area contributed by atoms with E-state index in [0.717, 1.165) is 31.7 Å². The third-order valence-corrected chi connectivity index (χ3v) is 5.26. The summed E-state index contributed by atoms with van der Waals surface area (Å²) in [7, 11) is 0. The van der Waals surface area contributed by atoms with Crippen LogP contribution in [-0.2, 0) is 19.6 Å². The van der Waals surface area contributed by atoms with Crippen LogP contribution < -0.4 is 10.1 Å². The molecule has 0 aliphatic carbocycles. The molecule has 1 aromatic heterocycles. The number of benzene rings is 2. The summed E-state index contributed by atoms with van der Waals surface area (Å²) in [6.45, 7) is 0.488. The zero-order chi connectivity index (χ0) is 21.4. The van der Waals surface area contributed by atoms with E-state index in [0.29, 0.717) is 25.4 Å².